The Morgan fingerprint density at radius 1 is 1.36 bits per heavy atom. The fourth-order valence-corrected chi connectivity index (χ4v) is 3.72. The molecule has 0 radical (unpaired) electrons. The minimum absolute atomic E-state index is 0.154. The fourth-order valence-electron chi connectivity index (χ4n) is 3.23. The number of carbonyl (C=O) groups is 4. The fraction of sp³-hybridized carbons (Fsp3) is 0.412. The third-order valence-electron chi connectivity index (χ3n) is 4.55. The van der Waals surface area contributed by atoms with Gasteiger partial charge in [0.25, 0.3) is 5.91 Å². The Bertz CT molecular complexity index is 805. The van der Waals surface area contributed by atoms with Gasteiger partial charge in [-0.15, -0.1) is 0 Å². The van der Waals surface area contributed by atoms with E-state index in [9.17, 15) is 19.2 Å². The first kappa shape index (κ1) is 20.9. The average molecular weight is 519 g/mol. The average Bonchev–Trinajstić information content (AvgIpc) is 3.01. The summed E-state index contributed by atoms with van der Waals surface area (Å²) in [6.07, 6.45) is 1.28. The molecule has 0 spiro atoms. The molecule has 2 aliphatic heterocycles. The van der Waals surface area contributed by atoms with Crippen LogP contribution in [0, 0.1) is 0 Å². The normalized spacial score (nSPS) is 19.1. The van der Waals surface area contributed by atoms with Gasteiger partial charge >= 0.3 is 0 Å². The summed E-state index contributed by atoms with van der Waals surface area (Å²) in [5.74, 6) is -0.662. The van der Waals surface area contributed by atoms with Crippen molar-refractivity contribution >= 4 is 52.1 Å². The summed E-state index contributed by atoms with van der Waals surface area (Å²) in [7, 11) is 0. The third-order valence-corrected chi connectivity index (χ3v) is 5.39. The lowest BCUT2D eigenvalue weighted by atomic mass is 10.0. The van der Waals surface area contributed by atoms with Gasteiger partial charge in [-0.3, -0.25) is 24.5 Å². The molecule has 1 aromatic rings. The van der Waals surface area contributed by atoms with Gasteiger partial charge in [0.2, 0.25) is 17.7 Å². The molecule has 0 saturated carbocycles. The number of ether oxygens (including phenoxy) is 1. The number of carbonyl (C=O) groups excluding carboxylic acids is 4. The second-order valence-corrected chi connectivity index (χ2v) is 8.02. The lowest BCUT2D eigenvalue weighted by molar-refractivity contribution is -0.137. The Labute approximate surface area is 176 Å². The molecule has 0 bridgehead atoms. The first-order valence-corrected chi connectivity index (χ1v) is 12.7. The number of nitrogens with one attached hydrogen (secondary N) is 2. The molecule has 0 aromatic heterocycles. The Balaban J connectivity index is 1.60. The summed E-state index contributed by atoms with van der Waals surface area (Å²) in [6.45, 7) is 0.714. The number of benzene rings is 1. The molecule has 2 aliphatic rings. The Hall–Kier alpha value is -1.78. The molecule has 28 heavy (non-hydrogen) atoms. The van der Waals surface area contributed by atoms with E-state index in [0.717, 1.165) is 5.56 Å². The predicted octanol–water partition coefficient (Wildman–Crippen LogP) is 1.60. The van der Waals surface area contributed by atoms with Gasteiger partial charge in [0.1, 0.15) is 18.2 Å². The van der Waals surface area contributed by atoms with Crippen LogP contribution in [0.3, 0.4) is 0 Å². The van der Waals surface area contributed by atoms with Crippen molar-refractivity contribution in [1.29, 1.82) is 0 Å². The van der Waals surface area contributed by atoms with Crippen LogP contribution in [0.2, 0.25) is 0 Å². The molecule has 2 atom stereocenters. The molecule has 2 unspecified atom stereocenters. The smallest absolute Gasteiger partial charge is 0.255 e. The molecule has 1 aromatic carbocycles. The summed E-state index contributed by atoms with van der Waals surface area (Å²) in [5.41, 5.74) is 3.54. The summed E-state index contributed by atoms with van der Waals surface area (Å²) in [4.78, 5) is 49.2. The van der Waals surface area contributed by atoms with E-state index in [4.69, 9.17) is 9.36 Å². The molecule has 2 N–H and O–H groups in total. The van der Waals surface area contributed by atoms with Crippen molar-refractivity contribution in [2.24, 2.45) is 0 Å². The SMILES string of the molecule is O=C(CCCOc1cccc2c1CN(C1CCC(=O)NC1=O)C2=O)NOPI. The molecule has 11 heteroatoms. The standard InChI is InChI=1S/C17H19IN3O6P/c18-28-27-20-15(23)5-2-8-26-13-4-1-3-10-11(13)9-21(17(10)25)12-6-7-14(22)19-16(12)24/h1,3-4,12,28H,2,5-9H2,(H,20,23)(H,19,22,24). The predicted molar refractivity (Wildman–Crippen MR) is 109 cm³/mol. The minimum atomic E-state index is -0.659. The zero-order valence-corrected chi connectivity index (χ0v) is 18.0. The van der Waals surface area contributed by atoms with Crippen molar-refractivity contribution < 1.29 is 28.5 Å². The highest BCUT2D eigenvalue weighted by molar-refractivity contribution is 14.2. The van der Waals surface area contributed by atoms with E-state index in [1.807, 2.05) is 22.0 Å². The molecule has 150 valence electrons. The van der Waals surface area contributed by atoms with Gasteiger partial charge < -0.3 is 9.64 Å². The first-order chi connectivity index (χ1) is 13.5. The van der Waals surface area contributed by atoms with E-state index in [1.54, 1.807) is 18.2 Å². The number of halogens is 1. The van der Waals surface area contributed by atoms with E-state index in [0.29, 0.717) is 30.8 Å². The molecule has 9 nitrogen and oxygen atoms in total. The van der Waals surface area contributed by atoms with Crippen LogP contribution in [0.4, 0.5) is 0 Å². The van der Waals surface area contributed by atoms with Gasteiger partial charge in [-0.1, -0.05) is 6.07 Å². The molecule has 0 aliphatic carbocycles. The molecule has 1 fully saturated rings. The number of imide groups is 1. The van der Waals surface area contributed by atoms with Gasteiger partial charge in [-0.05, 0) is 47.0 Å². The highest BCUT2D eigenvalue weighted by Gasteiger charge is 2.40. The van der Waals surface area contributed by atoms with Crippen LogP contribution in [-0.2, 0) is 25.6 Å². The number of hydrogen-bond donors (Lipinski definition) is 2. The van der Waals surface area contributed by atoms with Crippen LogP contribution in [-0.4, -0.2) is 41.2 Å². The zero-order chi connectivity index (χ0) is 20.1. The second kappa shape index (κ2) is 9.62. The van der Waals surface area contributed by atoms with Crippen LogP contribution in [0.1, 0.15) is 41.6 Å². The van der Waals surface area contributed by atoms with Gasteiger partial charge in [-0.2, -0.15) is 0 Å². The van der Waals surface area contributed by atoms with Gasteiger partial charge in [-0.25, -0.2) is 10.1 Å². The van der Waals surface area contributed by atoms with Gasteiger partial charge in [0, 0.05) is 24.0 Å². The van der Waals surface area contributed by atoms with Crippen LogP contribution in [0.5, 0.6) is 5.75 Å². The topological polar surface area (TPSA) is 114 Å². The Morgan fingerprint density at radius 3 is 2.93 bits per heavy atom. The minimum Gasteiger partial charge on any atom is -0.493 e. The molecule has 4 amide bonds. The first-order valence-electron chi connectivity index (χ1n) is 8.71. The maximum absolute atomic E-state index is 12.7. The molecule has 3 rings (SSSR count). The van der Waals surface area contributed by atoms with Crippen LogP contribution >= 0.6 is 28.5 Å². The number of amides is 4. The Kier molecular flexibility index (Phi) is 7.19. The second-order valence-electron chi connectivity index (χ2n) is 6.34. The van der Waals surface area contributed by atoms with E-state index in [-0.39, 0.29) is 43.6 Å². The number of nitrogens with zero attached hydrogens (tertiary/aromatic N) is 1. The van der Waals surface area contributed by atoms with Crippen molar-refractivity contribution in [3.05, 3.63) is 29.3 Å². The van der Waals surface area contributed by atoms with Crippen molar-refractivity contribution in [2.75, 3.05) is 6.61 Å². The monoisotopic (exact) mass is 519 g/mol. The third kappa shape index (κ3) is 4.79. The van der Waals surface area contributed by atoms with Gasteiger partial charge in [0.15, 0.2) is 0 Å². The largest absolute Gasteiger partial charge is 0.493 e. The maximum Gasteiger partial charge on any atom is 0.255 e. The summed E-state index contributed by atoms with van der Waals surface area (Å²) in [6, 6.07) is 4.53. The number of piperidine rings is 1. The number of hydroxylamine groups is 1. The maximum atomic E-state index is 12.7. The summed E-state index contributed by atoms with van der Waals surface area (Å²) in [5, 5.41) is 2.28. The summed E-state index contributed by atoms with van der Waals surface area (Å²) < 4.78 is 10.6. The van der Waals surface area contributed by atoms with Gasteiger partial charge in [0.05, 0.1) is 13.2 Å². The quantitative estimate of drug-likeness (QED) is 0.177. The zero-order valence-electron chi connectivity index (χ0n) is 14.8. The number of rotatable bonds is 8. The van der Waals surface area contributed by atoms with Crippen molar-refractivity contribution in [3.63, 3.8) is 0 Å². The molecular weight excluding hydrogens is 500 g/mol. The lowest BCUT2D eigenvalue weighted by Crippen LogP contribution is -2.52. The Morgan fingerprint density at radius 2 is 2.18 bits per heavy atom. The van der Waals surface area contributed by atoms with Crippen molar-refractivity contribution in [2.45, 2.75) is 38.3 Å². The number of fused-ring (bicyclic) bond motifs is 1. The van der Waals surface area contributed by atoms with Crippen LogP contribution < -0.4 is 15.5 Å². The van der Waals surface area contributed by atoms with E-state index >= 15 is 0 Å². The molecule has 1 saturated heterocycles. The van der Waals surface area contributed by atoms with E-state index in [1.165, 1.54) is 4.90 Å². The summed E-state index contributed by atoms with van der Waals surface area (Å²) >= 11 is 2.00. The molecular formula is C17H19IN3O6P. The van der Waals surface area contributed by atoms with Crippen LogP contribution in [0.15, 0.2) is 18.2 Å². The molecule has 2 heterocycles. The lowest BCUT2D eigenvalue weighted by Gasteiger charge is -2.29. The van der Waals surface area contributed by atoms with E-state index < -0.39 is 11.9 Å². The van der Waals surface area contributed by atoms with Crippen LogP contribution in [0.25, 0.3) is 0 Å². The highest BCUT2D eigenvalue weighted by atomic mass is 127. The van der Waals surface area contributed by atoms with Crippen molar-refractivity contribution in [1.82, 2.24) is 15.7 Å². The van der Waals surface area contributed by atoms with Crippen molar-refractivity contribution in [3.8, 4) is 5.75 Å². The number of hydrogen-bond acceptors (Lipinski definition) is 6. The van der Waals surface area contributed by atoms with E-state index in [2.05, 4.69) is 10.8 Å². The highest BCUT2D eigenvalue weighted by Crippen LogP contribution is 2.33.